The van der Waals surface area contributed by atoms with Crippen molar-refractivity contribution in [3.63, 3.8) is 0 Å². The van der Waals surface area contributed by atoms with Gasteiger partial charge in [-0.1, -0.05) is 23.7 Å². The minimum absolute atomic E-state index is 0.133. The minimum Gasteiger partial charge on any atom is -0.465 e. The van der Waals surface area contributed by atoms with E-state index in [1.807, 2.05) is 0 Å². The lowest BCUT2D eigenvalue weighted by Crippen LogP contribution is -2.36. The highest BCUT2D eigenvalue weighted by molar-refractivity contribution is 7.92. The number of rotatable bonds is 8. The average Bonchev–Trinajstić information content (AvgIpc) is 2.46. The summed E-state index contributed by atoms with van der Waals surface area (Å²) in [5.41, 5.74) is 0.621. The second-order valence-electron chi connectivity index (χ2n) is 4.16. The van der Waals surface area contributed by atoms with E-state index in [0.29, 0.717) is 16.9 Å². The van der Waals surface area contributed by atoms with Crippen molar-refractivity contribution in [2.75, 3.05) is 19.7 Å². The quantitative estimate of drug-likeness (QED) is 0.529. The van der Waals surface area contributed by atoms with Crippen molar-refractivity contribution in [1.82, 2.24) is 4.31 Å². The Bertz CT molecular complexity index is 640. The summed E-state index contributed by atoms with van der Waals surface area (Å²) in [4.78, 5) is 22.0. The Kier molecular flexibility index (Phi) is 7.23. The lowest BCUT2D eigenvalue weighted by molar-refractivity contribution is -0.143. The van der Waals surface area contributed by atoms with Gasteiger partial charge in [-0.05, 0) is 30.7 Å². The molecule has 0 aliphatic carbocycles. The van der Waals surface area contributed by atoms with Crippen LogP contribution in [0.15, 0.2) is 29.7 Å². The fourth-order valence-corrected chi connectivity index (χ4v) is 2.70. The van der Waals surface area contributed by atoms with E-state index in [4.69, 9.17) is 16.3 Å². The third kappa shape index (κ3) is 5.97. The van der Waals surface area contributed by atoms with Crippen molar-refractivity contribution in [3.8, 4) is 0 Å². The summed E-state index contributed by atoms with van der Waals surface area (Å²) in [6.45, 7) is 0.803. The molecule has 120 valence electrons. The van der Waals surface area contributed by atoms with E-state index in [9.17, 15) is 18.0 Å². The van der Waals surface area contributed by atoms with E-state index >= 15 is 0 Å². The molecule has 0 heterocycles. The summed E-state index contributed by atoms with van der Waals surface area (Å²) in [6, 6.07) is 6.53. The monoisotopic (exact) mass is 345 g/mol. The van der Waals surface area contributed by atoms with Crippen LogP contribution >= 0.6 is 11.6 Å². The maximum absolute atomic E-state index is 12.1. The second kappa shape index (κ2) is 8.67. The maximum atomic E-state index is 12.1. The first-order valence-electron chi connectivity index (χ1n) is 6.42. The standard InChI is InChI=1S/C14H16ClNO5S/c1-2-21-14(18)11-16(8-9-17)22(19,20)10-7-12-3-5-13(15)6-4-12/h3-7,9-10H,2,8,11H2,1H3/b10-7+. The molecule has 0 radical (unpaired) electrons. The van der Waals surface area contributed by atoms with Gasteiger partial charge in [0.2, 0.25) is 10.0 Å². The highest BCUT2D eigenvalue weighted by Crippen LogP contribution is 2.12. The van der Waals surface area contributed by atoms with Crippen LogP contribution in [0.3, 0.4) is 0 Å². The van der Waals surface area contributed by atoms with Gasteiger partial charge in [0.25, 0.3) is 0 Å². The molecule has 0 fully saturated rings. The molecule has 1 rings (SSSR count). The Morgan fingerprint density at radius 3 is 2.50 bits per heavy atom. The molecule has 1 aromatic rings. The Labute approximate surface area is 134 Å². The first kappa shape index (κ1) is 18.3. The van der Waals surface area contributed by atoms with Crippen LogP contribution in [0.1, 0.15) is 12.5 Å². The summed E-state index contributed by atoms with van der Waals surface area (Å²) in [7, 11) is -3.92. The molecule has 0 saturated heterocycles. The fourth-order valence-electron chi connectivity index (χ4n) is 1.52. The number of aldehydes is 1. The van der Waals surface area contributed by atoms with Crippen molar-refractivity contribution in [2.45, 2.75) is 6.92 Å². The Morgan fingerprint density at radius 1 is 1.32 bits per heavy atom. The minimum atomic E-state index is -3.92. The molecule has 8 heteroatoms. The molecular formula is C14H16ClNO5S. The third-order valence-corrected chi connectivity index (χ3v) is 4.28. The number of halogens is 1. The molecule has 0 saturated carbocycles. The van der Waals surface area contributed by atoms with Crippen molar-refractivity contribution < 1.29 is 22.7 Å². The molecule has 0 unspecified atom stereocenters. The molecule has 0 bridgehead atoms. The average molecular weight is 346 g/mol. The predicted octanol–water partition coefficient (Wildman–Crippen LogP) is 1.70. The van der Waals surface area contributed by atoms with Gasteiger partial charge in [0, 0.05) is 10.4 Å². The molecule has 0 N–H and O–H groups in total. The van der Waals surface area contributed by atoms with Crippen LogP contribution in [0.25, 0.3) is 6.08 Å². The number of nitrogens with zero attached hydrogens (tertiary/aromatic N) is 1. The van der Waals surface area contributed by atoms with Crippen LogP contribution in [0.5, 0.6) is 0 Å². The van der Waals surface area contributed by atoms with E-state index in [1.165, 1.54) is 6.08 Å². The zero-order valence-corrected chi connectivity index (χ0v) is 13.5. The number of hydrogen-bond donors (Lipinski definition) is 0. The highest BCUT2D eigenvalue weighted by atomic mass is 35.5. The Hall–Kier alpha value is -1.70. The SMILES string of the molecule is CCOC(=O)CN(CC=O)S(=O)(=O)/C=C/c1ccc(Cl)cc1. The zero-order valence-electron chi connectivity index (χ0n) is 11.9. The van der Waals surface area contributed by atoms with Gasteiger partial charge in [0.05, 0.1) is 13.2 Å². The van der Waals surface area contributed by atoms with Gasteiger partial charge in [-0.25, -0.2) is 8.42 Å². The lowest BCUT2D eigenvalue weighted by atomic mass is 10.2. The molecule has 0 aromatic heterocycles. The van der Waals surface area contributed by atoms with Gasteiger partial charge in [-0.2, -0.15) is 4.31 Å². The first-order chi connectivity index (χ1) is 10.4. The maximum Gasteiger partial charge on any atom is 0.321 e. The molecule has 0 aliphatic heterocycles. The number of benzene rings is 1. The van der Waals surface area contributed by atoms with Gasteiger partial charge in [-0.3, -0.25) is 4.79 Å². The van der Waals surface area contributed by atoms with Crippen LogP contribution in [0.4, 0.5) is 0 Å². The molecule has 0 atom stereocenters. The number of esters is 1. The summed E-state index contributed by atoms with van der Waals surface area (Å²) >= 11 is 5.74. The second-order valence-corrected chi connectivity index (χ2v) is 6.42. The zero-order chi connectivity index (χ0) is 16.6. The van der Waals surface area contributed by atoms with E-state index in [0.717, 1.165) is 9.71 Å². The van der Waals surface area contributed by atoms with E-state index < -0.39 is 29.1 Å². The number of ether oxygens (including phenoxy) is 1. The van der Waals surface area contributed by atoms with Crippen LogP contribution in [-0.4, -0.2) is 44.7 Å². The molecule has 0 aliphatic rings. The topological polar surface area (TPSA) is 80.8 Å². The van der Waals surface area contributed by atoms with E-state index in [1.54, 1.807) is 31.2 Å². The predicted molar refractivity (Wildman–Crippen MR) is 83.7 cm³/mol. The van der Waals surface area contributed by atoms with Crippen LogP contribution < -0.4 is 0 Å². The van der Waals surface area contributed by atoms with E-state index in [-0.39, 0.29) is 6.61 Å². The number of carbonyl (C=O) groups is 2. The number of sulfonamides is 1. The summed E-state index contributed by atoms with van der Waals surface area (Å²) in [5.74, 6) is -0.715. The summed E-state index contributed by atoms with van der Waals surface area (Å²) < 4.78 is 29.7. The first-order valence-corrected chi connectivity index (χ1v) is 8.30. The van der Waals surface area contributed by atoms with Gasteiger partial charge in [0.15, 0.2) is 0 Å². The molecule has 0 amide bonds. The van der Waals surface area contributed by atoms with Gasteiger partial charge < -0.3 is 9.53 Å². The molecular weight excluding hydrogens is 330 g/mol. The largest absolute Gasteiger partial charge is 0.465 e. The fraction of sp³-hybridized carbons (Fsp3) is 0.286. The van der Waals surface area contributed by atoms with Crippen LogP contribution in [-0.2, 0) is 24.3 Å². The van der Waals surface area contributed by atoms with Gasteiger partial charge in [0.1, 0.15) is 12.8 Å². The molecule has 6 nitrogen and oxygen atoms in total. The summed E-state index contributed by atoms with van der Waals surface area (Å²) in [5, 5.41) is 1.46. The van der Waals surface area contributed by atoms with Gasteiger partial charge in [-0.15, -0.1) is 0 Å². The molecule has 0 spiro atoms. The molecule has 22 heavy (non-hydrogen) atoms. The number of hydrogen-bond acceptors (Lipinski definition) is 5. The van der Waals surface area contributed by atoms with Crippen molar-refractivity contribution in [2.24, 2.45) is 0 Å². The van der Waals surface area contributed by atoms with Crippen molar-refractivity contribution >= 4 is 40.0 Å². The van der Waals surface area contributed by atoms with Gasteiger partial charge >= 0.3 is 5.97 Å². The normalized spacial score (nSPS) is 11.8. The lowest BCUT2D eigenvalue weighted by Gasteiger charge is -2.16. The molecule has 1 aromatic carbocycles. The van der Waals surface area contributed by atoms with Crippen molar-refractivity contribution in [3.05, 3.63) is 40.3 Å². The third-order valence-electron chi connectivity index (χ3n) is 2.55. The highest BCUT2D eigenvalue weighted by Gasteiger charge is 2.22. The smallest absolute Gasteiger partial charge is 0.321 e. The number of carbonyl (C=O) groups excluding carboxylic acids is 2. The van der Waals surface area contributed by atoms with Crippen LogP contribution in [0, 0.1) is 0 Å². The Balaban J connectivity index is 2.89. The Morgan fingerprint density at radius 2 is 1.95 bits per heavy atom. The summed E-state index contributed by atoms with van der Waals surface area (Å²) in [6.07, 6.45) is 1.77. The van der Waals surface area contributed by atoms with Crippen molar-refractivity contribution in [1.29, 1.82) is 0 Å². The van der Waals surface area contributed by atoms with Crippen LogP contribution in [0.2, 0.25) is 5.02 Å². The van der Waals surface area contributed by atoms with E-state index in [2.05, 4.69) is 0 Å².